The first-order valence-electron chi connectivity index (χ1n) is 4.30. The summed E-state index contributed by atoms with van der Waals surface area (Å²) in [4.78, 5) is 0.0172. The monoisotopic (exact) mass is 267 g/mol. The number of hydrogen-bond donors (Lipinski definition) is 1. The summed E-state index contributed by atoms with van der Waals surface area (Å²) in [6.45, 7) is 0.365. The van der Waals surface area contributed by atoms with Gasteiger partial charge in [0, 0.05) is 6.54 Å². The van der Waals surface area contributed by atoms with E-state index in [0.717, 1.165) is 0 Å². The standard InChI is InChI=1S/C9H11Cl2NO2S/c1-12-5-6-15(13,14)9-7(10)3-2-4-8(9)11/h2-4,12H,5-6H2,1H3. The zero-order valence-corrected chi connectivity index (χ0v) is 10.5. The Hall–Kier alpha value is -0.290. The van der Waals surface area contributed by atoms with Crippen molar-refractivity contribution in [2.75, 3.05) is 19.3 Å². The lowest BCUT2D eigenvalue weighted by atomic mass is 10.4. The van der Waals surface area contributed by atoms with E-state index in [9.17, 15) is 8.42 Å². The van der Waals surface area contributed by atoms with Gasteiger partial charge in [0.25, 0.3) is 0 Å². The van der Waals surface area contributed by atoms with Crippen LogP contribution in [0.1, 0.15) is 0 Å². The third-order valence-corrected chi connectivity index (χ3v) is 4.51. The Bertz CT molecular complexity index is 425. The number of benzene rings is 1. The molecule has 0 unspecified atom stereocenters. The molecule has 0 aliphatic carbocycles. The Morgan fingerprint density at radius 3 is 2.27 bits per heavy atom. The summed E-state index contributed by atoms with van der Waals surface area (Å²) in [6.07, 6.45) is 0. The van der Waals surface area contributed by atoms with Crippen molar-refractivity contribution in [3.05, 3.63) is 28.2 Å². The smallest absolute Gasteiger partial charge is 0.182 e. The quantitative estimate of drug-likeness (QED) is 0.908. The van der Waals surface area contributed by atoms with E-state index in [4.69, 9.17) is 23.2 Å². The fourth-order valence-electron chi connectivity index (χ4n) is 1.12. The Morgan fingerprint density at radius 2 is 1.80 bits per heavy atom. The average molecular weight is 268 g/mol. The van der Waals surface area contributed by atoms with Gasteiger partial charge in [0.05, 0.1) is 15.8 Å². The molecule has 0 spiro atoms. The van der Waals surface area contributed by atoms with Gasteiger partial charge in [-0.2, -0.15) is 0 Å². The lowest BCUT2D eigenvalue weighted by Gasteiger charge is -2.07. The molecule has 1 rings (SSSR count). The molecule has 1 aromatic rings. The lowest BCUT2D eigenvalue weighted by Crippen LogP contribution is -2.19. The predicted molar refractivity (Wildman–Crippen MR) is 62.4 cm³/mol. The van der Waals surface area contributed by atoms with Crippen molar-refractivity contribution in [2.45, 2.75) is 4.90 Å². The van der Waals surface area contributed by atoms with Gasteiger partial charge in [-0.3, -0.25) is 0 Å². The van der Waals surface area contributed by atoms with E-state index in [1.165, 1.54) is 12.1 Å². The summed E-state index contributed by atoms with van der Waals surface area (Å²) in [5, 5.41) is 3.10. The van der Waals surface area contributed by atoms with Crippen LogP contribution in [0.25, 0.3) is 0 Å². The fraction of sp³-hybridized carbons (Fsp3) is 0.333. The average Bonchev–Trinajstić information content (AvgIpc) is 2.14. The van der Waals surface area contributed by atoms with Gasteiger partial charge in [0.1, 0.15) is 4.90 Å². The van der Waals surface area contributed by atoms with Gasteiger partial charge >= 0.3 is 0 Å². The third kappa shape index (κ3) is 3.08. The summed E-state index contributed by atoms with van der Waals surface area (Å²) < 4.78 is 23.6. The first kappa shape index (κ1) is 12.8. The van der Waals surface area contributed by atoms with E-state index < -0.39 is 9.84 Å². The summed E-state index contributed by atoms with van der Waals surface area (Å²) in [5.74, 6) is -0.0209. The van der Waals surface area contributed by atoms with Crippen molar-refractivity contribution in [3.8, 4) is 0 Å². The highest BCUT2D eigenvalue weighted by Gasteiger charge is 2.20. The van der Waals surface area contributed by atoms with Gasteiger partial charge < -0.3 is 5.32 Å². The molecule has 0 radical (unpaired) electrons. The van der Waals surface area contributed by atoms with Crippen LogP contribution < -0.4 is 5.32 Å². The summed E-state index contributed by atoms with van der Waals surface area (Å²) in [6, 6.07) is 4.64. The second kappa shape index (κ2) is 5.16. The number of halogens is 2. The number of nitrogens with one attached hydrogen (secondary N) is 1. The first-order chi connectivity index (χ1) is 6.99. The van der Waals surface area contributed by atoms with Crippen molar-refractivity contribution in [3.63, 3.8) is 0 Å². The summed E-state index contributed by atoms with van der Waals surface area (Å²) >= 11 is 11.6. The SMILES string of the molecule is CNCCS(=O)(=O)c1c(Cl)cccc1Cl. The Balaban J connectivity index is 3.15. The van der Waals surface area contributed by atoms with Crippen molar-refractivity contribution in [2.24, 2.45) is 0 Å². The van der Waals surface area contributed by atoms with Crippen LogP contribution >= 0.6 is 23.2 Å². The number of hydrogen-bond acceptors (Lipinski definition) is 3. The maximum absolute atomic E-state index is 11.8. The van der Waals surface area contributed by atoms with E-state index in [0.29, 0.717) is 6.54 Å². The van der Waals surface area contributed by atoms with Crippen molar-refractivity contribution in [1.29, 1.82) is 0 Å². The molecule has 0 bridgehead atoms. The molecule has 0 amide bonds. The van der Waals surface area contributed by atoms with Gasteiger partial charge in [-0.1, -0.05) is 29.3 Å². The lowest BCUT2D eigenvalue weighted by molar-refractivity contribution is 0.593. The normalized spacial score (nSPS) is 11.7. The van der Waals surface area contributed by atoms with Crippen LogP contribution in [0.4, 0.5) is 0 Å². The minimum atomic E-state index is -3.41. The van der Waals surface area contributed by atoms with E-state index in [-0.39, 0.29) is 20.7 Å². The van der Waals surface area contributed by atoms with Crippen LogP contribution in [0.2, 0.25) is 10.0 Å². The van der Waals surface area contributed by atoms with E-state index in [1.54, 1.807) is 13.1 Å². The molecule has 84 valence electrons. The molecule has 0 saturated carbocycles. The van der Waals surface area contributed by atoms with Crippen molar-refractivity contribution in [1.82, 2.24) is 5.32 Å². The van der Waals surface area contributed by atoms with Gasteiger partial charge in [-0.05, 0) is 19.2 Å². The third-order valence-electron chi connectivity index (χ3n) is 1.85. The highest BCUT2D eigenvalue weighted by molar-refractivity contribution is 7.91. The zero-order valence-electron chi connectivity index (χ0n) is 8.13. The molecule has 3 nitrogen and oxygen atoms in total. The molecule has 6 heteroatoms. The molecule has 0 saturated heterocycles. The molecule has 15 heavy (non-hydrogen) atoms. The molecular formula is C9H11Cl2NO2S. The van der Waals surface area contributed by atoms with Gasteiger partial charge in [-0.25, -0.2) is 8.42 Å². The zero-order chi connectivity index (χ0) is 11.5. The second-order valence-corrected chi connectivity index (χ2v) is 5.83. The molecule has 1 N–H and O–H groups in total. The highest BCUT2D eigenvalue weighted by atomic mass is 35.5. The van der Waals surface area contributed by atoms with Crippen LogP contribution in [-0.4, -0.2) is 27.8 Å². The van der Waals surface area contributed by atoms with Crippen molar-refractivity contribution < 1.29 is 8.42 Å². The largest absolute Gasteiger partial charge is 0.319 e. The summed E-state index contributed by atoms with van der Waals surface area (Å²) in [7, 11) is -1.73. The van der Waals surface area contributed by atoms with E-state index in [1.807, 2.05) is 0 Å². The van der Waals surface area contributed by atoms with Gasteiger partial charge in [0.15, 0.2) is 9.84 Å². The molecule has 0 heterocycles. The van der Waals surface area contributed by atoms with Crippen LogP contribution in [-0.2, 0) is 9.84 Å². The van der Waals surface area contributed by atoms with Crippen LogP contribution in [0, 0.1) is 0 Å². The minimum Gasteiger partial charge on any atom is -0.319 e. The molecule has 0 atom stereocenters. The summed E-state index contributed by atoms with van der Waals surface area (Å²) in [5.41, 5.74) is 0. The molecular weight excluding hydrogens is 257 g/mol. The van der Waals surface area contributed by atoms with Crippen molar-refractivity contribution >= 4 is 33.0 Å². The number of sulfone groups is 1. The van der Waals surface area contributed by atoms with Crippen LogP contribution in [0.15, 0.2) is 23.1 Å². The molecule has 1 aromatic carbocycles. The molecule has 0 aromatic heterocycles. The Kier molecular flexibility index (Phi) is 4.40. The van der Waals surface area contributed by atoms with E-state index in [2.05, 4.69) is 5.32 Å². The predicted octanol–water partition coefficient (Wildman–Crippen LogP) is 1.99. The van der Waals surface area contributed by atoms with Crippen LogP contribution in [0.3, 0.4) is 0 Å². The maximum atomic E-state index is 11.8. The first-order valence-corrected chi connectivity index (χ1v) is 6.71. The molecule has 0 aliphatic rings. The Labute approximate surface area is 99.3 Å². The second-order valence-electron chi connectivity index (χ2n) is 2.97. The maximum Gasteiger partial charge on any atom is 0.182 e. The van der Waals surface area contributed by atoms with Crippen LogP contribution in [0.5, 0.6) is 0 Å². The van der Waals surface area contributed by atoms with Gasteiger partial charge in [0.2, 0.25) is 0 Å². The number of rotatable bonds is 4. The van der Waals surface area contributed by atoms with Gasteiger partial charge in [-0.15, -0.1) is 0 Å². The topological polar surface area (TPSA) is 46.2 Å². The molecule has 0 fully saturated rings. The fourth-order valence-corrected chi connectivity index (χ4v) is 3.63. The molecule has 0 aliphatic heterocycles. The van der Waals surface area contributed by atoms with E-state index >= 15 is 0 Å². The minimum absolute atomic E-state index is 0.0172. The highest BCUT2D eigenvalue weighted by Crippen LogP contribution is 2.29. The Morgan fingerprint density at radius 1 is 1.27 bits per heavy atom.